The van der Waals surface area contributed by atoms with Gasteiger partial charge in [0.1, 0.15) is 0 Å². The summed E-state index contributed by atoms with van der Waals surface area (Å²) in [4.78, 5) is 0. The minimum absolute atomic E-state index is 0.464. The zero-order chi connectivity index (χ0) is 6.62. The van der Waals surface area contributed by atoms with Crippen molar-refractivity contribution in [3.8, 4) is 0 Å². The summed E-state index contributed by atoms with van der Waals surface area (Å²) in [6.07, 6.45) is 2.48. The average Bonchev–Trinajstić information content (AvgIpc) is 1.67. The number of hydrogen-bond acceptors (Lipinski definition) is 2. The second kappa shape index (κ2) is 3.64. The van der Waals surface area contributed by atoms with Crippen molar-refractivity contribution in [3.05, 3.63) is 12.7 Å². The Hall–Kier alpha value is 0.660. The van der Waals surface area contributed by atoms with Crippen LogP contribution in [0.1, 0.15) is 6.42 Å². The summed E-state index contributed by atoms with van der Waals surface area (Å²) in [5, 5.41) is 0. The third-order valence-electron chi connectivity index (χ3n) is 1.18. The van der Waals surface area contributed by atoms with Crippen LogP contribution in [-0.2, 0) is 0 Å². The fourth-order valence-corrected chi connectivity index (χ4v) is 0.702. The van der Waals surface area contributed by atoms with Gasteiger partial charge in [0.2, 0.25) is 0 Å². The van der Waals surface area contributed by atoms with E-state index in [1.165, 1.54) is 0 Å². The quantitative estimate of drug-likeness (QED) is 0.308. The molecule has 0 fully saturated rings. The van der Waals surface area contributed by atoms with E-state index in [9.17, 15) is 0 Å². The Balaban J connectivity index is 3.53. The van der Waals surface area contributed by atoms with Crippen molar-refractivity contribution < 1.29 is 0 Å². The first kappa shape index (κ1) is 8.66. The Bertz CT molecular complexity index is 80.5. The molecule has 3 heteroatoms. The molecule has 8 heavy (non-hydrogen) atoms. The molecule has 0 rings (SSSR count). The van der Waals surface area contributed by atoms with Crippen LogP contribution in [0.4, 0.5) is 0 Å². The van der Waals surface area contributed by atoms with Crippen molar-refractivity contribution >= 4 is 27.9 Å². The molecule has 0 aliphatic rings. The van der Waals surface area contributed by atoms with Crippen molar-refractivity contribution in [1.82, 2.24) is 0 Å². The van der Waals surface area contributed by atoms with Crippen molar-refractivity contribution in [2.45, 2.75) is 15.8 Å². The van der Waals surface area contributed by atoms with Crippen LogP contribution < -0.4 is 11.5 Å². The number of rotatable bonds is 3. The molecular weight excluding hydrogens is 111 g/mol. The molecule has 42 valence electrons. The SMILES string of the molecule is C=CCC(N)(N)[CH2][Na]. The summed E-state index contributed by atoms with van der Waals surface area (Å²) in [6.45, 7) is 3.55. The van der Waals surface area contributed by atoms with Gasteiger partial charge in [0.05, 0.1) is 0 Å². The maximum absolute atomic E-state index is 5.57. The molecule has 0 saturated carbocycles. The molecule has 0 atom stereocenters. The zero-order valence-electron chi connectivity index (χ0n) is 5.35. The van der Waals surface area contributed by atoms with Crippen molar-refractivity contribution in [3.63, 3.8) is 0 Å². The van der Waals surface area contributed by atoms with E-state index in [2.05, 4.69) is 6.58 Å². The normalized spacial score (nSPS) is 11.5. The fourth-order valence-electron chi connectivity index (χ4n) is 0.413. The fraction of sp³-hybridized carbons (Fsp3) is 0.600. The van der Waals surface area contributed by atoms with Crippen molar-refractivity contribution in [1.29, 1.82) is 0 Å². The van der Waals surface area contributed by atoms with Gasteiger partial charge in [-0.25, -0.2) is 0 Å². The monoisotopic (exact) mass is 122 g/mol. The van der Waals surface area contributed by atoms with Gasteiger partial charge in [-0.05, 0) is 0 Å². The van der Waals surface area contributed by atoms with E-state index >= 15 is 0 Å². The van der Waals surface area contributed by atoms with E-state index < -0.39 is 5.66 Å². The molecule has 0 aromatic rings. The first-order valence-electron chi connectivity index (χ1n) is 2.81. The zero-order valence-corrected chi connectivity index (χ0v) is 7.35. The predicted octanol–water partition coefficient (Wildman–Crippen LogP) is -0.237. The van der Waals surface area contributed by atoms with Crippen LogP contribution in [0.15, 0.2) is 12.7 Å². The summed E-state index contributed by atoms with van der Waals surface area (Å²) >= 11 is 1.06. The molecule has 0 amide bonds. The summed E-state index contributed by atoms with van der Waals surface area (Å²) in [5.74, 6) is 0. The molecule has 0 radical (unpaired) electrons. The molecule has 0 unspecified atom stereocenters. The van der Waals surface area contributed by atoms with Crippen LogP contribution in [0.3, 0.4) is 0 Å². The number of hydrogen-bond donors (Lipinski definition) is 2. The van der Waals surface area contributed by atoms with Crippen LogP contribution in [0.25, 0.3) is 0 Å². The van der Waals surface area contributed by atoms with E-state index in [-0.39, 0.29) is 0 Å². The van der Waals surface area contributed by atoms with Gasteiger partial charge in [0.25, 0.3) is 0 Å². The molecule has 0 spiro atoms. The summed E-state index contributed by atoms with van der Waals surface area (Å²) in [7, 11) is 0. The first-order chi connectivity index (χ1) is 3.62. The Morgan fingerprint density at radius 2 is 2.12 bits per heavy atom. The molecule has 0 heterocycles. The Labute approximate surface area is 67.7 Å². The van der Waals surface area contributed by atoms with Crippen molar-refractivity contribution in [2.24, 2.45) is 11.5 Å². The third kappa shape index (κ3) is 3.64. The van der Waals surface area contributed by atoms with Crippen LogP contribution in [-0.4, -0.2) is 33.6 Å². The Morgan fingerprint density at radius 1 is 1.62 bits per heavy atom. The molecular formula is C5H11N2Na. The minimum atomic E-state index is -0.464. The maximum atomic E-state index is 5.57. The standard InChI is InChI=1S/C5H11N2.Na/c1-3-4-5(2,6)7;/h3H,1-2,4,6-7H2;. The molecule has 0 aromatic carbocycles. The van der Waals surface area contributed by atoms with Gasteiger partial charge in [-0.1, -0.05) is 0 Å². The summed E-state index contributed by atoms with van der Waals surface area (Å²) in [6, 6.07) is 0. The average molecular weight is 122 g/mol. The first-order valence-corrected chi connectivity index (χ1v) is 4.22. The molecule has 0 aliphatic heterocycles. The Morgan fingerprint density at radius 3 is 2.25 bits per heavy atom. The van der Waals surface area contributed by atoms with Crippen LogP contribution in [0.5, 0.6) is 0 Å². The third-order valence-corrected chi connectivity index (χ3v) is 2.50. The van der Waals surface area contributed by atoms with E-state index in [1.807, 2.05) is 0 Å². The molecule has 0 aliphatic carbocycles. The molecule has 0 bridgehead atoms. The summed E-state index contributed by atoms with van der Waals surface area (Å²) < 4.78 is 0.930. The van der Waals surface area contributed by atoms with Crippen LogP contribution in [0.2, 0.25) is 3.67 Å². The van der Waals surface area contributed by atoms with E-state index in [0.717, 1.165) is 38.0 Å². The van der Waals surface area contributed by atoms with Gasteiger partial charge in [-0.2, -0.15) is 0 Å². The second-order valence-electron chi connectivity index (χ2n) is 2.08. The number of nitrogens with two attached hydrogens (primary N) is 2. The molecule has 0 saturated heterocycles. The van der Waals surface area contributed by atoms with Gasteiger partial charge >= 0.3 is 67.8 Å². The predicted molar refractivity (Wildman–Crippen MR) is 36.5 cm³/mol. The van der Waals surface area contributed by atoms with Gasteiger partial charge < -0.3 is 0 Å². The van der Waals surface area contributed by atoms with Gasteiger partial charge in [-0.3, -0.25) is 0 Å². The van der Waals surface area contributed by atoms with Crippen LogP contribution >= 0.6 is 0 Å². The molecule has 2 nitrogen and oxygen atoms in total. The second-order valence-corrected chi connectivity index (χ2v) is 2.79. The van der Waals surface area contributed by atoms with Crippen LogP contribution in [0, 0.1) is 0 Å². The molecule has 4 N–H and O–H groups in total. The van der Waals surface area contributed by atoms with E-state index in [4.69, 9.17) is 11.5 Å². The topological polar surface area (TPSA) is 52.0 Å². The summed E-state index contributed by atoms with van der Waals surface area (Å²) in [5.41, 5.74) is 10.7. The van der Waals surface area contributed by atoms with Gasteiger partial charge in [0, 0.05) is 0 Å². The van der Waals surface area contributed by atoms with Crippen molar-refractivity contribution in [2.75, 3.05) is 0 Å². The van der Waals surface area contributed by atoms with Gasteiger partial charge in [0.15, 0.2) is 0 Å². The van der Waals surface area contributed by atoms with E-state index in [1.54, 1.807) is 6.08 Å². The molecule has 0 aromatic heterocycles. The Kier molecular flexibility index (Phi) is 3.94. The van der Waals surface area contributed by atoms with Gasteiger partial charge in [-0.15, -0.1) is 0 Å². The van der Waals surface area contributed by atoms with E-state index in [0.29, 0.717) is 0 Å².